The van der Waals surface area contributed by atoms with E-state index in [1.165, 1.54) is 5.20 Å². The largest absolute Gasteiger partial charge is 1.00 e. The Morgan fingerprint density at radius 1 is 1.57 bits per heavy atom. The molecule has 0 aliphatic heterocycles. The third-order valence-electron chi connectivity index (χ3n) is 0.957. The van der Waals surface area contributed by atoms with E-state index in [-0.39, 0.29) is 28.4 Å². The normalized spacial score (nSPS) is 12.1. The van der Waals surface area contributed by atoms with Gasteiger partial charge in [-0.3, -0.25) is 5.20 Å². The molecule has 0 spiro atoms. The van der Waals surface area contributed by atoms with E-state index < -0.39 is 0 Å². The Kier molecular flexibility index (Phi) is 9.85. The molecule has 0 N–H and O–H groups in total. The summed E-state index contributed by atoms with van der Waals surface area (Å²) in [6.07, 6.45) is 3.09. The zero-order valence-corrected chi connectivity index (χ0v) is 7.12. The van der Waals surface area contributed by atoms with E-state index in [9.17, 15) is 0 Å². The molecule has 0 aliphatic carbocycles. The molecule has 7 heavy (non-hydrogen) atoms. The van der Waals surface area contributed by atoms with Crippen LogP contribution in [-0.2, 0) is 0 Å². The van der Waals surface area contributed by atoms with E-state index in [1.807, 2.05) is 6.92 Å². The van der Waals surface area contributed by atoms with E-state index in [4.69, 9.17) is 0 Å². The van der Waals surface area contributed by atoms with E-state index >= 15 is 0 Å². The van der Waals surface area contributed by atoms with Gasteiger partial charge in [-0.25, -0.2) is 0 Å². The minimum Gasteiger partial charge on any atom is -0.505 e. The molecule has 2 heteroatoms. The van der Waals surface area contributed by atoms with Crippen LogP contribution in [0.3, 0.4) is 0 Å². The van der Waals surface area contributed by atoms with Gasteiger partial charge in [0.2, 0.25) is 0 Å². The number of hydrogen-bond donors (Lipinski definition) is 0. The summed E-state index contributed by atoms with van der Waals surface area (Å²) in [5.74, 6) is 0. The first kappa shape index (κ1) is 10.5. The second-order valence-electron chi connectivity index (χ2n) is 1.38. The number of rotatable bonds is 1. The molecule has 0 saturated heterocycles. The Hall–Kier alpha value is 0.554. The molecule has 0 saturated carbocycles. The van der Waals surface area contributed by atoms with Gasteiger partial charge in [0.25, 0.3) is 0 Å². The molecular formula is C5H11LiSi. The SMILES string of the molecule is C[C-]=C(C)[SiH2]C.[Li+]. The smallest absolute Gasteiger partial charge is 0.505 e. The van der Waals surface area contributed by atoms with Crippen LogP contribution >= 0.6 is 0 Å². The summed E-state index contributed by atoms with van der Waals surface area (Å²) < 4.78 is 0. The molecule has 0 atom stereocenters. The Morgan fingerprint density at radius 2 is 2.00 bits per heavy atom. The molecule has 0 bridgehead atoms. The summed E-state index contributed by atoms with van der Waals surface area (Å²) in [7, 11) is 0.144. The van der Waals surface area contributed by atoms with Crippen molar-refractivity contribution in [2.24, 2.45) is 0 Å². The second-order valence-corrected chi connectivity index (χ2v) is 3.15. The molecule has 0 nitrogen and oxygen atoms in total. The van der Waals surface area contributed by atoms with Crippen molar-refractivity contribution in [1.29, 1.82) is 0 Å². The summed E-state index contributed by atoms with van der Waals surface area (Å²) in [6, 6.07) is 0. The van der Waals surface area contributed by atoms with Crippen LogP contribution < -0.4 is 18.9 Å². The standard InChI is InChI=1S/C5H11Si.Li/c1-4-5(2)6-3;/h6H2,1-3H3;/q-1;+1. The fourth-order valence-corrected chi connectivity index (χ4v) is 0.530. The molecule has 0 radical (unpaired) electrons. The van der Waals surface area contributed by atoms with Gasteiger partial charge in [-0.1, -0.05) is 13.5 Å². The van der Waals surface area contributed by atoms with Crippen molar-refractivity contribution in [3.8, 4) is 0 Å². The maximum Gasteiger partial charge on any atom is 1.00 e. The molecule has 0 rings (SSSR count). The first-order valence-corrected chi connectivity index (χ1v) is 4.43. The Labute approximate surface area is 60.4 Å². The molecule has 36 valence electrons. The number of allylic oxidation sites excluding steroid dienone is 2. The fourth-order valence-electron chi connectivity index (χ4n) is 0.177. The van der Waals surface area contributed by atoms with Crippen LogP contribution in [0.15, 0.2) is 5.20 Å². The first-order valence-electron chi connectivity index (χ1n) is 2.31. The molecule has 0 amide bonds. The van der Waals surface area contributed by atoms with Gasteiger partial charge in [-0.2, -0.15) is 6.92 Å². The average molecular weight is 106 g/mol. The van der Waals surface area contributed by atoms with Gasteiger partial charge < -0.3 is 6.08 Å². The molecule has 0 aromatic rings. The minimum absolute atomic E-state index is 0. The summed E-state index contributed by atoms with van der Waals surface area (Å²) in [5, 5.41) is 1.48. The van der Waals surface area contributed by atoms with Gasteiger partial charge in [0.15, 0.2) is 0 Å². The number of hydrogen-bond acceptors (Lipinski definition) is 0. The quantitative estimate of drug-likeness (QED) is 0.266. The third kappa shape index (κ3) is 6.55. The zero-order valence-electron chi connectivity index (χ0n) is 5.71. The van der Waals surface area contributed by atoms with Crippen molar-refractivity contribution in [1.82, 2.24) is 0 Å². The molecule has 0 heterocycles. The maximum atomic E-state index is 3.09. The minimum atomic E-state index is 0. The first-order chi connectivity index (χ1) is 2.81. The summed E-state index contributed by atoms with van der Waals surface area (Å²) in [5.41, 5.74) is 0. The van der Waals surface area contributed by atoms with E-state index in [2.05, 4.69) is 19.5 Å². The Balaban J connectivity index is 0. The predicted molar refractivity (Wildman–Crippen MR) is 32.5 cm³/mol. The van der Waals surface area contributed by atoms with Crippen molar-refractivity contribution in [2.45, 2.75) is 20.4 Å². The van der Waals surface area contributed by atoms with Crippen LogP contribution in [0.25, 0.3) is 0 Å². The van der Waals surface area contributed by atoms with Gasteiger partial charge in [0.05, 0.1) is 0 Å². The van der Waals surface area contributed by atoms with Crippen molar-refractivity contribution in [3.05, 3.63) is 11.3 Å². The van der Waals surface area contributed by atoms with E-state index in [1.54, 1.807) is 0 Å². The fraction of sp³-hybridized carbons (Fsp3) is 0.600. The monoisotopic (exact) mass is 106 g/mol. The second kappa shape index (κ2) is 6.55. The van der Waals surface area contributed by atoms with Crippen molar-refractivity contribution in [3.63, 3.8) is 0 Å². The summed E-state index contributed by atoms with van der Waals surface area (Å²) in [4.78, 5) is 0. The molecule has 0 aromatic heterocycles. The average Bonchev–Trinajstić information content (AvgIpc) is 1.65. The molecular weight excluding hydrogens is 95.1 g/mol. The molecule has 0 fully saturated rings. The summed E-state index contributed by atoms with van der Waals surface area (Å²) in [6.45, 7) is 6.39. The van der Waals surface area contributed by atoms with Gasteiger partial charge in [-0.05, 0) is 0 Å². The van der Waals surface area contributed by atoms with Crippen LogP contribution in [0.5, 0.6) is 0 Å². The van der Waals surface area contributed by atoms with Crippen LogP contribution in [-0.4, -0.2) is 9.52 Å². The molecule has 0 unspecified atom stereocenters. The van der Waals surface area contributed by atoms with Gasteiger partial charge >= 0.3 is 18.9 Å². The summed E-state index contributed by atoms with van der Waals surface area (Å²) >= 11 is 0. The van der Waals surface area contributed by atoms with Crippen LogP contribution in [0, 0.1) is 6.08 Å². The molecule has 0 aromatic carbocycles. The van der Waals surface area contributed by atoms with Crippen molar-refractivity contribution < 1.29 is 18.9 Å². The Morgan fingerprint density at radius 3 is 2.00 bits per heavy atom. The van der Waals surface area contributed by atoms with Gasteiger partial charge in [0.1, 0.15) is 0 Å². The van der Waals surface area contributed by atoms with Crippen molar-refractivity contribution >= 4 is 9.52 Å². The van der Waals surface area contributed by atoms with Gasteiger partial charge in [0, 0.05) is 9.52 Å². The zero-order chi connectivity index (χ0) is 4.99. The van der Waals surface area contributed by atoms with Crippen LogP contribution in [0.1, 0.15) is 13.8 Å². The maximum absolute atomic E-state index is 3.09. The third-order valence-corrected chi connectivity index (χ3v) is 2.37. The van der Waals surface area contributed by atoms with Gasteiger partial charge in [-0.15, -0.1) is 0 Å². The van der Waals surface area contributed by atoms with E-state index in [0.29, 0.717) is 0 Å². The Bertz CT molecular complexity index is 59.1. The topological polar surface area (TPSA) is 0 Å². The van der Waals surface area contributed by atoms with E-state index in [0.717, 1.165) is 0 Å². The van der Waals surface area contributed by atoms with Crippen molar-refractivity contribution in [2.75, 3.05) is 0 Å². The predicted octanol–water partition coefficient (Wildman–Crippen LogP) is -2.07. The van der Waals surface area contributed by atoms with Crippen LogP contribution in [0.4, 0.5) is 0 Å². The molecule has 0 aliphatic rings. The van der Waals surface area contributed by atoms with Crippen LogP contribution in [0.2, 0.25) is 6.55 Å².